The van der Waals surface area contributed by atoms with E-state index >= 15 is 0 Å². The average molecular weight is 1470 g/mol. The van der Waals surface area contributed by atoms with Gasteiger partial charge in [-0.1, -0.05) is 276 Å². The molecule has 12 aromatic carbocycles. The second kappa shape index (κ2) is 39.2. The van der Waals surface area contributed by atoms with Crippen LogP contribution in [0.2, 0.25) is 0 Å². The molecule has 0 bridgehead atoms. The van der Waals surface area contributed by atoms with Gasteiger partial charge in [0.25, 0.3) is 10.1 Å². The fourth-order valence-corrected chi connectivity index (χ4v) is 20.3. The summed E-state index contributed by atoms with van der Waals surface area (Å²) < 4.78 is 70.9. The predicted octanol–water partition coefficient (Wildman–Crippen LogP) is 17.0. The minimum absolute atomic E-state index is 0. The van der Waals surface area contributed by atoms with E-state index in [2.05, 4.69) is 253 Å². The van der Waals surface area contributed by atoms with Crippen LogP contribution in [0.3, 0.4) is 0 Å². The van der Waals surface area contributed by atoms with Crippen molar-refractivity contribution in [1.82, 2.24) is 0 Å². The number of ether oxygens (including phenoxy) is 3. The summed E-state index contributed by atoms with van der Waals surface area (Å²) in [5, 5.41) is 12.6. The van der Waals surface area contributed by atoms with Gasteiger partial charge in [-0.15, -0.1) is 17.0 Å². The van der Waals surface area contributed by atoms with Gasteiger partial charge < -0.3 is 14.2 Å². The second-order valence-electron chi connectivity index (χ2n) is 21.3. The SMILES string of the molecule is Br.BrCc1ccccc1.Cc1ccc(S(=O)(=O)OCCOc2ccc(P(c3ccccc3)c3ccccc3)cc2)cc1.[18F]CCOc1ccc(P(c2ccccc2)c2ccccc2)cc1.[18F]CCOc1ccc([P+](Cc2ccccc2)(c2ccccc2)c2ccccc2)cc1. The third-order valence-corrected chi connectivity index (χ3v) is 26.0. The monoisotopic (exact) mass is 1460 g/mol. The van der Waals surface area contributed by atoms with Gasteiger partial charge in [-0.05, 0) is 151 Å². The van der Waals surface area contributed by atoms with E-state index in [1.807, 2.05) is 85.8 Å². The summed E-state index contributed by atoms with van der Waals surface area (Å²) in [4.78, 5) is 0.146. The summed E-state index contributed by atoms with van der Waals surface area (Å²) >= 11 is 3.36. The molecular formula is C81H76Br2F2O6P3S+. The van der Waals surface area contributed by atoms with E-state index < -0.39 is 46.6 Å². The Balaban J connectivity index is 0.000000173. The molecule has 0 unspecified atom stereocenters. The lowest BCUT2D eigenvalue weighted by Crippen LogP contribution is -2.32. The molecule has 14 heteroatoms. The number of alkyl halides is 3. The summed E-state index contributed by atoms with van der Waals surface area (Å²) in [5.74, 6) is 2.09. The first-order valence-corrected chi connectivity index (χ1v) is 38.1. The number of hydrogen-bond donors (Lipinski definition) is 0. The van der Waals surface area contributed by atoms with Crippen LogP contribution in [-0.2, 0) is 25.8 Å². The Morgan fingerprint density at radius 2 is 0.642 bits per heavy atom. The highest BCUT2D eigenvalue weighted by atomic mass is 79.9. The molecule has 0 N–H and O–H groups in total. The van der Waals surface area contributed by atoms with Crippen molar-refractivity contribution in [3.63, 3.8) is 0 Å². The van der Waals surface area contributed by atoms with E-state index in [1.165, 1.54) is 58.9 Å². The van der Waals surface area contributed by atoms with Crippen molar-refractivity contribution in [2.24, 2.45) is 0 Å². The number of rotatable bonds is 24. The molecule has 0 saturated carbocycles. The number of aryl methyl sites for hydroxylation is 1. The first-order chi connectivity index (χ1) is 46.2. The van der Waals surface area contributed by atoms with Crippen LogP contribution in [0.15, 0.2) is 345 Å². The Bertz CT molecular complexity index is 4050. The highest BCUT2D eigenvalue weighted by Crippen LogP contribution is 2.58. The van der Waals surface area contributed by atoms with Crippen LogP contribution >= 0.6 is 56.0 Å². The maximum atomic E-state index is 12.5. The van der Waals surface area contributed by atoms with Gasteiger partial charge in [-0.2, -0.15) is 8.42 Å². The van der Waals surface area contributed by atoms with Crippen molar-refractivity contribution in [3.05, 3.63) is 356 Å². The van der Waals surface area contributed by atoms with E-state index in [0.29, 0.717) is 17.2 Å². The predicted molar refractivity (Wildman–Crippen MR) is 408 cm³/mol. The van der Waals surface area contributed by atoms with E-state index in [1.54, 1.807) is 24.3 Å². The van der Waals surface area contributed by atoms with Gasteiger partial charge in [-0.3, -0.25) is 4.18 Å². The molecule has 0 aliphatic heterocycles. The van der Waals surface area contributed by atoms with Gasteiger partial charge in [0.1, 0.15) is 80.2 Å². The fraction of sp³-hybridized carbons (Fsp3) is 0.111. The zero-order valence-electron chi connectivity index (χ0n) is 52.7. The Morgan fingerprint density at radius 1 is 0.347 bits per heavy atom. The van der Waals surface area contributed by atoms with Gasteiger partial charge >= 0.3 is 0 Å². The third kappa shape index (κ3) is 21.8. The molecule has 0 saturated heterocycles. The number of halogens is 4. The molecule has 12 rings (SSSR count). The van der Waals surface area contributed by atoms with Crippen LogP contribution in [-0.4, -0.2) is 48.2 Å². The van der Waals surface area contributed by atoms with E-state index in [4.69, 9.17) is 18.4 Å². The van der Waals surface area contributed by atoms with E-state index in [0.717, 1.165) is 17.1 Å². The van der Waals surface area contributed by atoms with Gasteiger partial charge in [0, 0.05) is 5.33 Å². The Hall–Kier alpha value is -7.94. The first-order valence-electron chi connectivity index (χ1n) is 30.9. The standard InChI is InChI=1S/C27H25FOP.C27H25O4PS.C20H18FOP.C7H7Br.BrH/c28-20-21-29-24-16-18-27(19-17-24)30(25-12-6-2-7-13-25,26-14-8-3-9-15-26)22-23-10-4-1-5-11-23;1-22-12-18-27(19-13-22)33(28,29)31-21-20-30-23-14-16-26(17-15-23)32(24-8-4-2-5-9-24)25-10-6-3-7-11-25;21-15-16-22-17-11-13-20(14-12-17)23(18-7-3-1-4-8-18)19-9-5-2-6-10-19;8-6-7-4-2-1-3-5-7;/h1-19H,20-22H2;2-19H,20-21H2,1H3;1-14H,15-16H2;1-5H,6H2;1H/q+1;;;;/i28-1;;21-1;;. The molecule has 0 atom stereocenters. The molecule has 0 aromatic heterocycles. The highest BCUT2D eigenvalue weighted by molar-refractivity contribution is 9.08. The normalized spacial score (nSPS) is 10.9. The summed E-state index contributed by atoms with van der Waals surface area (Å²) in [6, 6.07) is 115. The van der Waals surface area contributed by atoms with Gasteiger partial charge in [-0.25, -0.2) is 8.78 Å². The largest absolute Gasteiger partial charge is 0.491 e. The smallest absolute Gasteiger partial charge is 0.297 e. The lowest BCUT2D eigenvalue weighted by atomic mass is 10.2. The molecule has 0 fully saturated rings. The summed E-state index contributed by atoms with van der Waals surface area (Å²) in [6.07, 6.45) is 0.937. The van der Waals surface area contributed by atoms with E-state index in [-0.39, 0.29) is 48.3 Å². The van der Waals surface area contributed by atoms with Crippen molar-refractivity contribution >= 4 is 114 Å². The summed E-state index contributed by atoms with van der Waals surface area (Å²) in [6.45, 7) is 1.21. The highest BCUT2D eigenvalue weighted by Gasteiger charge is 2.45. The minimum atomic E-state index is -3.79. The molecule has 0 radical (unpaired) electrons. The molecule has 0 aliphatic rings. The maximum Gasteiger partial charge on any atom is 0.297 e. The van der Waals surface area contributed by atoms with Crippen LogP contribution in [0.25, 0.3) is 0 Å². The molecule has 12 aromatic rings. The Labute approximate surface area is 581 Å². The lowest BCUT2D eigenvalue weighted by molar-refractivity contribution is 0.221. The second-order valence-corrected chi connectivity index (χ2v) is 31.4. The van der Waals surface area contributed by atoms with Gasteiger partial charge in [0.05, 0.1) is 11.1 Å². The van der Waals surface area contributed by atoms with Crippen LogP contribution < -0.4 is 62.0 Å². The van der Waals surface area contributed by atoms with E-state index in [9.17, 15) is 17.2 Å². The van der Waals surface area contributed by atoms with Crippen LogP contribution in [0.1, 0.15) is 16.7 Å². The minimum Gasteiger partial charge on any atom is -0.491 e. The zero-order valence-corrected chi connectivity index (χ0v) is 59.5. The molecular weight excluding hydrogens is 1390 g/mol. The number of benzene rings is 12. The third-order valence-electron chi connectivity index (χ3n) is 14.8. The molecule has 6 nitrogen and oxygen atoms in total. The van der Waals surface area contributed by atoms with Gasteiger partial charge in [0.2, 0.25) is 0 Å². The van der Waals surface area contributed by atoms with Crippen LogP contribution in [0.5, 0.6) is 17.2 Å². The molecule has 0 spiro atoms. The summed E-state index contributed by atoms with van der Waals surface area (Å²) in [7, 11) is -7.02. The van der Waals surface area contributed by atoms with Crippen molar-refractivity contribution in [2.45, 2.75) is 23.3 Å². The lowest BCUT2D eigenvalue weighted by Gasteiger charge is -2.28. The quantitative estimate of drug-likeness (QED) is 0.0260. The number of hydrogen-bond acceptors (Lipinski definition) is 6. The van der Waals surface area contributed by atoms with Crippen LogP contribution in [0.4, 0.5) is 8.78 Å². The zero-order chi connectivity index (χ0) is 65.5. The van der Waals surface area contributed by atoms with Crippen LogP contribution in [0, 0.1) is 6.92 Å². The average Bonchev–Trinajstić information content (AvgIpc) is 0.761. The maximum absolute atomic E-state index is 12.5. The first kappa shape index (κ1) is 72.9. The molecule has 484 valence electrons. The van der Waals surface area contributed by atoms with Crippen molar-refractivity contribution in [1.29, 1.82) is 0 Å². The van der Waals surface area contributed by atoms with Crippen molar-refractivity contribution in [3.8, 4) is 17.2 Å². The molecule has 0 heterocycles. The Kier molecular flexibility index (Phi) is 30.1. The van der Waals surface area contributed by atoms with Gasteiger partial charge in [0.15, 0.2) is 0 Å². The Morgan fingerprint density at radius 3 is 0.979 bits per heavy atom. The van der Waals surface area contributed by atoms with Crippen molar-refractivity contribution < 1.29 is 35.6 Å². The summed E-state index contributed by atoms with van der Waals surface area (Å²) in [5.41, 5.74) is 3.63. The molecule has 0 aliphatic carbocycles. The molecule has 0 amide bonds. The fourth-order valence-electron chi connectivity index (χ4n) is 10.3. The molecule has 95 heavy (non-hydrogen) atoms. The van der Waals surface area contributed by atoms with Crippen molar-refractivity contribution in [2.75, 3.05) is 39.8 Å². The topological polar surface area (TPSA) is 71.1 Å².